The molecule has 0 saturated heterocycles. The minimum Gasteiger partial charge on any atom is -0.479 e. The first kappa shape index (κ1) is 12.7. The molecule has 0 bridgehead atoms. The molecule has 0 atom stereocenters. The van der Waals surface area contributed by atoms with Crippen LogP contribution >= 0.6 is 0 Å². The number of nitrogens with one attached hydrogen (secondary N) is 1. The first-order chi connectivity index (χ1) is 7.86. The normalized spacial score (nSPS) is 13.8. The van der Waals surface area contributed by atoms with E-state index in [-0.39, 0.29) is 0 Å². The van der Waals surface area contributed by atoms with Crippen LogP contribution in [0.5, 0.6) is 0 Å². The fourth-order valence-electron chi connectivity index (χ4n) is 1.34. The molecule has 1 aliphatic rings. The van der Waals surface area contributed by atoms with Gasteiger partial charge in [0.1, 0.15) is 6.61 Å². The molecule has 2 heterocycles. The predicted molar refractivity (Wildman–Crippen MR) is 65.7 cm³/mol. The molecule has 1 N–H and O–H groups in total. The van der Waals surface area contributed by atoms with E-state index in [9.17, 15) is 0 Å². The van der Waals surface area contributed by atoms with E-state index in [1.807, 2.05) is 6.20 Å². The lowest BCUT2D eigenvalue weighted by Crippen LogP contribution is -1.97. The average molecular weight is 223 g/mol. The van der Waals surface area contributed by atoms with Gasteiger partial charge in [0, 0.05) is 18.3 Å². The fourth-order valence-corrected chi connectivity index (χ4v) is 1.34. The number of rotatable bonds is 4. The summed E-state index contributed by atoms with van der Waals surface area (Å²) in [5, 5.41) is 0. The summed E-state index contributed by atoms with van der Waals surface area (Å²) in [5.74, 6) is 0.969. The number of ether oxygens (including phenoxy) is 1. The second-order valence-electron chi connectivity index (χ2n) is 3.66. The maximum atomic E-state index is 5.20. The molecule has 1 aromatic rings. The summed E-state index contributed by atoms with van der Waals surface area (Å²) in [5.41, 5.74) is 1.19. The second-order valence-corrected chi connectivity index (χ2v) is 3.66. The van der Waals surface area contributed by atoms with E-state index in [1.54, 1.807) is 6.33 Å². The number of aliphatic imine (C=N–C) groups is 1. The van der Waals surface area contributed by atoms with E-state index in [4.69, 9.17) is 4.74 Å². The third-order valence-corrected chi connectivity index (χ3v) is 2.33. The van der Waals surface area contributed by atoms with Gasteiger partial charge in [0.15, 0.2) is 5.90 Å². The summed E-state index contributed by atoms with van der Waals surface area (Å²) < 4.78 is 5.20. The highest BCUT2D eigenvalue weighted by Gasteiger charge is 2.04. The molecule has 0 unspecified atom stereocenters. The number of aromatic nitrogens is 2. The smallest absolute Gasteiger partial charge is 0.183 e. The van der Waals surface area contributed by atoms with E-state index < -0.39 is 0 Å². The minimum atomic E-state index is 0.805. The predicted octanol–water partition coefficient (Wildman–Crippen LogP) is 2.58. The van der Waals surface area contributed by atoms with Gasteiger partial charge in [0.2, 0.25) is 0 Å². The highest BCUT2D eigenvalue weighted by molar-refractivity contribution is 5.77. The second kappa shape index (κ2) is 7.91. The van der Waals surface area contributed by atoms with Crippen LogP contribution in [0.15, 0.2) is 17.5 Å². The number of hydrogen-bond acceptors (Lipinski definition) is 3. The summed E-state index contributed by atoms with van der Waals surface area (Å²) in [4.78, 5) is 11.0. The SMILES string of the molecule is CCCCC1=NCCO1.CCc1cnc[nH]1. The Morgan fingerprint density at radius 3 is 2.75 bits per heavy atom. The first-order valence-electron chi connectivity index (χ1n) is 6.00. The van der Waals surface area contributed by atoms with Gasteiger partial charge in [-0.05, 0) is 12.8 Å². The van der Waals surface area contributed by atoms with Crippen molar-refractivity contribution >= 4 is 5.90 Å². The van der Waals surface area contributed by atoms with Gasteiger partial charge >= 0.3 is 0 Å². The number of aromatic amines is 1. The summed E-state index contributed by atoms with van der Waals surface area (Å²) >= 11 is 0. The molecule has 1 aliphatic heterocycles. The largest absolute Gasteiger partial charge is 0.479 e. The number of nitrogens with zero attached hydrogens (tertiary/aromatic N) is 2. The number of imidazole rings is 1. The Morgan fingerprint density at radius 2 is 2.31 bits per heavy atom. The summed E-state index contributed by atoms with van der Waals surface area (Å²) in [6, 6.07) is 0. The molecule has 0 aliphatic carbocycles. The van der Waals surface area contributed by atoms with Crippen molar-refractivity contribution < 1.29 is 4.74 Å². The molecule has 0 fully saturated rings. The Kier molecular flexibility index (Phi) is 6.30. The first-order valence-corrected chi connectivity index (χ1v) is 6.00. The molecule has 16 heavy (non-hydrogen) atoms. The van der Waals surface area contributed by atoms with Crippen LogP contribution in [0.25, 0.3) is 0 Å². The topological polar surface area (TPSA) is 50.3 Å². The van der Waals surface area contributed by atoms with E-state index in [0.717, 1.165) is 31.9 Å². The van der Waals surface area contributed by atoms with E-state index in [0.29, 0.717) is 0 Å². The Morgan fingerprint density at radius 1 is 1.44 bits per heavy atom. The molecule has 0 spiro atoms. The molecule has 90 valence electrons. The number of unbranched alkanes of at least 4 members (excludes halogenated alkanes) is 1. The van der Waals surface area contributed by atoms with Gasteiger partial charge in [0.25, 0.3) is 0 Å². The number of hydrogen-bond donors (Lipinski definition) is 1. The zero-order chi connectivity index (χ0) is 11.6. The lowest BCUT2D eigenvalue weighted by atomic mass is 10.2. The molecule has 4 heteroatoms. The van der Waals surface area contributed by atoms with Gasteiger partial charge in [0.05, 0.1) is 12.9 Å². The van der Waals surface area contributed by atoms with Gasteiger partial charge in [-0.15, -0.1) is 0 Å². The van der Waals surface area contributed by atoms with Gasteiger partial charge in [-0.1, -0.05) is 20.3 Å². The van der Waals surface area contributed by atoms with Crippen molar-refractivity contribution in [1.29, 1.82) is 0 Å². The lowest BCUT2D eigenvalue weighted by Gasteiger charge is -1.97. The molecule has 0 amide bonds. The summed E-state index contributed by atoms with van der Waals surface area (Å²) in [6.45, 7) is 5.95. The van der Waals surface area contributed by atoms with Crippen LogP contribution in [0.4, 0.5) is 0 Å². The van der Waals surface area contributed by atoms with E-state index in [2.05, 4.69) is 28.8 Å². The van der Waals surface area contributed by atoms with E-state index >= 15 is 0 Å². The molecule has 2 rings (SSSR count). The minimum absolute atomic E-state index is 0.805. The fraction of sp³-hybridized carbons (Fsp3) is 0.667. The number of H-pyrrole nitrogens is 1. The van der Waals surface area contributed by atoms with Gasteiger partial charge in [-0.2, -0.15) is 0 Å². The third kappa shape index (κ3) is 4.96. The summed E-state index contributed by atoms with van der Waals surface area (Å²) in [6.07, 6.45) is 8.04. The Balaban J connectivity index is 0.000000165. The van der Waals surface area contributed by atoms with Crippen LogP contribution in [-0.2, 0) is 11.2 Å². The highest BCUT2D eigenvalue weighted by atomic mass is 16.5. The third-order valence-electron chi connectivity index (χ3n) is 2.33. The Hall–Kier alpha value is -1.32. The maximum absolute atomic E-state index is 5.20. The average Bonchev–Trinajstić information content (AvgIpc) is 3.00. The molecule has 0 aromatic carbocycles. The van der Waals surface area contributed by atoms with Crippen LogP contribution in [0.2, 0.25) is 0 Å². The van der Waals surface area contributed by atoms with Crippen molar-refractivity contribution in [1.82, 2.24) is 9.97 Å². The van der Waals surface area contributed by atoms with Crippen molar-refractivity contribution in [2.45, 2.75) is 39.5 Å². The van der Waals surface area contributed by atoms with Gasteiger partial charge in [-0.25, -0.2) is 4.98 Å². The molecule has 0 radical (unpaired) electrons. The van der Waals surface area contributed by atoms with Crippen molar-refractivity contribution in [3.63, 3.8) is 0 Å². The highest BCUT2D eigenvalue weighted by Crippen LogP contribution is 2.02. The van der Waals surface area contributed by atoms with Crippen LogP contribution in [-0.4, -0.2) is 29.0 Å². The van der Waals surface area contributed by atoms with Crippen LogP contribution in [0.1, 0.15) is 38.8 Å². The zero-order valence-electron chi connectivity index (χ0n) is 10.2. The van der Waals surface area contributed by atoms with Crippen LogP contribution in [0, 0.1) is 0 Å². The zero-order valence-corrected chi connectivity index (χ0v) is 10.2. The molecule has 4 nitrogen and oxygen atoms in total. The standard InChI is InChI=1S/C7H13NO.C5H8N2/c1-2-3-4-7-8-5-6-9-7;1-2-5-3-6-4-7-5/h2-6H2,1H3;3-4H,2H2,1H3,(H,6,7). The van der Waals surface area contributed by atoms with Crippen LogP contribution < -0.4 is 0 Å². The summed E-state index contributed by atoms with van der Waals surface area (Å²) in [7, 11) is 0. The monoisotopic (exact) mass is 223 g/mol. The van der Waals surface area contributed by atoms with Crippen molar-refractivity contribution in [2.75, 3.05) is 13.2 Å². The van der Waals surface area contributed by atoms with Crippen molar-refractivity contribution in [3.05, 3.63) is 18.2 Å². The molecular formula is C12H21N3O. The molecule has 0 saturated carbocycles. The Bertz CT molecular complexity index is 293. The number of aryl methyl sites for hydroxylation is 1. The molecular weight excluding hydrogens is 202 g/mol. The quantitative estimate of drug-likeness (QED) is 0.853. The van der Waals surface area contributed by atoms with Gasteiger partial charge in [-0.3, -0.25) is 4.99 Å². The maximum Gasteiger partial charge on any atom is 0.183 e. The van der Waals surface area contributed by atoms with Crippen molar-refractivity contribution in [2.24, 2.45) is 4.99 Å². The Labute approximate surface area is 97.2 Å². The lowest BCUT2D eigenvalue weighted by molar-refractivity contribution is 0.337. The van der Waals surface area contributed by atoms with Crippen molar-refractivity contribution in [3.8, 4) is 0 Å². The molecule has 1 aromatic heterocycles. The van der Waals surface area contributed by atoms with E-state index in [1.165, 1.54) is 18.5 Å². The van der Waals surface area contributed by atoms with Crippen LogP contribution in [0.3, 0.4) is 0 Å². The van der Waals surface area contributed by atoms with Gasteiger partial charge < -0.3 is 9.72 Å².